The topological polar surface area (TPSA) is 69.4 Å². The van der Waals surface area contributed by atoms with Crippen molar-refractivity contribution in [3.63, 3.8) is 0 Å². The van der Waals surface area contributed by atoms with Crippen LogP contribution in [0.4, 0.5) is 0 Å². The smallest absolute Gasteiger partial charge is 0.302 e. The van der Waals surface area contributed by atoms with Crippen LogP contribution < -0.4 is 0 Å². The molecule has 1 rings (SSSR count). The lowest BCUT2D eigenvalue weighted by atomic mass is 10.0. The molecule has 0 spiro atoms. The molecule has 0 radical (unpaired) electrons. The number of carbonyl (C=O) groups excluding carboxylic acids is 1. The van der Waals surface area contributed by atoms with Crippen molar-refractivity contribution < 1.29 is 14.5 Å². The molecule has 0 fully saturated rings. The zero-order chi connectivity index (χ0) is 14.5. The summed E-state index contributed by atoms with van der Waals surface area (Å²) in [4.78, 5) is 21.4. The van der Waals surface area contributed by atoms with E-state index in [4.69, 9.17) is 4.74 Å². The highest BCUT2D eigenvalue weighted by Gasteiger charge is 2.35. The minimum absolute atomic E-state index is 0.280. The first kappa shape index (κ1) is 14.9. The number of benzene rings is 1. The summed E-state index contributed by atoms with van der Waals surface area (Å²) in [5, 5.41) is 11.1. The zero-order valence-corrected chi connectivity index (χ0v) is 11.3. The van der Waals surface area contributed by atoms with Crippen LogP contribution in [0.15, 0.2) is 30.3 Å². The average Bonchev–Trinajstić information content (AvgIpc) is 2.34. The molecule has 0 bridgehead atoms. The van der Waals surface area contributed by atoms with Crippen LogP contribution in [0.25, 0.3) is 6.08 Å². The maximum absolute atomic E-state index is 11.1. The molecule has 19 heavy (non-hydrogen) atoms. The first-order valence-electron chi connectivity index (χ1n) is 5.87. The molecule has 0 aliphatic carbocycles. The van der Waals surface area contributed by atoms with Crippen molar-refractivity contribution in [2.75, 3.05) is 6.61 Å². The number of hydrogen-bond donors (Lipinski definition) is 0. The van der Waals surface area contributed by atoms with Crippen molar-refractivity contribution in [1.82, 2.24) is 0 Å². The summed E-state index contributed by atoms with van der Waals surface area (Å²) in [6.07, 6.45) is 3.12. The van der Waals surface area contributed by atoms with Gasteiger partial charge in [-0.3, -0.25) is 14.9 Å². The molecule has 1 atom stereocenters. The molecule has 0 N–H and O–H groups in total. The third-order valence-corrected chi connectivity index (χ3v) is 2.66. The second-order valence-corrected chi connectivity index (χ2v) is 4.64. The molecule has 0 aromatic heterocycles. The third kappa shape index (κ3) is 4.54. The Morgan fingerprint density at radius 2 is 2.21 bits per heavy atom. The number of rotatable bonds is 5. The Kier molecular flexibility index (Phi) is 4.80. The molecule has 5 heteroatoms. The van der Waals surface area contributed by atoms with Gasteiger partial charge in [0.05, 0.1) is 0 Å². The lowest BCUT2D eigenvalue weighted by Crippen LogP contribution is -2.38. The van der Waals surface area contributed by atoms with Crippen LogP contribution in [-0.2, 0) is 9.53 Å². The van der Waals surface area contributed by atoms with Gasteiger partial charge >= 0.3 is 5.97 Å². The Labute approximate surface area is 112 Å². The van der Waals surface area contributed by atoms with E-state index in [0.29, 0.717) is 0 Å². The molecule has 0 amide bonds. The number of esters is 1. The summed E-state index contributed by atoms with van der Waals surface area (Å²) in [5.41, 5.74) is 0.524. The number of nitrogens with zero attached hydrogens (tertiary/aromatic N) is 1. The molecule has 5 nitrogen and oxygen atoms in total. The quantitative estimate of drug-likeness (QED) is 0.465. The highest BCUT2D eigenvalue weighted by molar-refractivity contribution is 5.66. The van der Waals surface area contributed by atoms with E-state index < -0.39 is 16.4 Å². The summed E-state index contributed by atoms with van der Waals surface area (Å²) in [6, 6.07) is 7.60. The van der Waals surface area contributed by atoms with Gasteiger partial charge in [-0.1, -0.05) is 35.9 Å². The summed E-state index contributed by atoms with van der Waals surface area (Å²) in [6.45, 7) is 4.31. The number of ether oxygens (including phenoxy) is 1. The van der Waals surface area contributed by atoms with Gasteiger partial charge in [0.2, 0.25) is 0 Å². The number of nitro groups is 1. The van der Waals surface area contributed by atoms with Crippen molar-refractivity contribution in [1.29, 1.82) is 0 Å². The van der Waals surface area contributed by atoms with E-state index in [-0.39, 0.29) is 6.61 Å². The van der Waals surface area contributed by atoms with Crippen molar-refractivity contribution >= 4 is 12.0 Å². The monoisotopic (exact) mass is 263 g/mol. The van der Waals surface area contributed by atoms with Gasteiger partial charge in [-0.25, -0.2) is 0 Å². The largest absolute Gasteiger partial charge is 0.458 e. The molecule has 0 saturated carbocycles. The molecular weight excluding hydrogens is 246 g/mol. The van der Waals surface area contributed by atoms with E-state index in [1.54, 1.807) is 6.08 Å². The molecule has 1 unspecified atom stereocenters. The normalized spacial score (nSPS) is 14.1. The number of hydrogen-bond acceptors (Lipinski definition) is 4. The molecule has 0 heterocycles. The van der Waals surface area contributed by atoms with E-state index in [1.807, 2.05) is 31.2 Å². The molecule has 1 aromatic rings. The zero-order valence-electron chi connectivity index (χ0n) is 11.3. The fourth-order valence-electron chi connectivity index (χ4n) is 1.46. The van der Waals surface area contributed by atoms with Crippen LogP contribution in [0.5, 0.6) is 0 Å². The fourth-order valence-corrected chi connectivity index (χ4v) is 1.46. The van der Waals surface area contributed by atoms with Crippen LogP contribution in [0.3, 0.4) is 0 Å². The molecule has 0 aliphatic heterocycles. The van der Waals surface area contributed by atoms with Crippen LogP contribution in [0.2, 0.25) is 0 Å². The van der Waals surface area contributed by atoms with E-state index in [0.717, 1.165) is 11.1 Å². The second-order valence-electron chi connectivity index (χ2n) is 4.64. The minimum atomic E-state index is -1.42. The predicted molar refractivity (Wildman–Crippen MR) is 72.2 cm³/mol. The summed E-state index contributed by atoms with van der Waals surface area (Å²) >= 11 is 0. The second kappa shape index (κ2) is 6.13. The van der Waals surface area contributed by atoms with E-state index in [2.05, 4.69) is 0 Å². The number of carbonyl (C=O) groups is 1. The maximum Gasteiger partial charge on any atom is 0.302 e. The lowest BCUT2D eigenvalue weighted by Gasteiger charge is -2.16. The van der Waals surface area contributed by atoms with Gasteiger partial charge in [0.1, 0.15) is 0 Å². The number of aryl methyl sites for hydroxylation is 1. The van der Waals surface area contributed by atoms with Crippen molar-refractivity contribution in [2.24, 2.45) is 0 Å². The van der Waals surface area contributed by atoms with Crippen molar-refractivity contribution in [3.8, 4) is 0 Å². The Morgan fingerprint density at radius 3 is 2.74 bits per heavy atom. The van der Waals surface area contributed by atoms with Gasteiger partial charge in [0.15, 0.2) is 6.61 Å². The molecule has 0 saturated heterocycles. The van der Waals surface area contributed by atoms with E-state index in [1.165, 1.54) is 19.9 Å². The van der Waals surface area contributed by atoms with Crippen LogP contribution in [0, 0.1) is 17.0 Å². The van der Waals surface area contributed by atoms with E-state index >= 15 is 0 Å². The van der Waals surface area contributed by atoms with Crippen LogP contribution in [-0.4, -0.2) is 23.0 Å². The van der Waals surface area contributed by atoms with E-state index in [9.17, 15) is 14.9 Å². The SMILES string of the molecule is CC(=O)OCC(C)(/C=C/c1cccc(C)c1)[N+](=O)[O-]. The average molecular weight is 263 g/mol. The Hall–Kier alpha value is -2.17. The minimum Gasteiger partial charge on any atom is -0.458 e. The highest BCUT2D eigenvalue weighted by atomic mass is 16.6. The summed E-state index contributed by atoms with van der Waals surface area (Å²) in [7, 11) is 0. The molecule has 102 valence electrons. The van der Waals surface area contributed by atoms with Gasteiger partial charge in [0, 0.05) is 18.8 Å². The standard InChI is InChI=1S/C14H17NO4/c1-11-5-4-6-13(9-11)7-8-14(3,15(17)18)10-19-12(2)16/h4-9H,10H2,1-3H3/b8-7+. The van der Waals surface area contributed by atoms with Gasteiger partial charge < -0.3 is 4.74 Å². The van der Waals surface area contributed by atoms with Crippen molar-refractivity contribution in [2.45, 2.75) is 26.3 Å². The highest BCUT2D eigenvalue weighted by Crippen LogP contribution is 2.15. The lowest BCUT2D eigenvalue weighted by molar-refractivity contribution is -0.553. The Morgan fingerprint density at radius 1 is 1.53 bits per heavy atom. The Bertz CT molecular complexity index is 510. The summed E-state index contributed by atoms with van der Waals surface area (Å²) in [5.74, 6) is -0.531. The summed E-state index contributed by atoms with van der Waals surface area (Å²) < 4.78 is 4.75. The van der Waals surface area contributed by atoms with Gasteiger partial charge in [-0.15, -0.1) is 0 Å². The molecule has 0 aliphatic rings. The third-order valence-electron chi connectivity index (χ3n) is 2.66. The molecular formula is C14H17NO4. The van der Waals surface area contributed by atoms with Gasteiger partial charge in [-0.05, 0) is 18.6 Å². The predicted octanol–water partition coefficient (Wildman–Crippen LogP) is 2.61. The Balaban J connectivity index is 2.89. The first-order valence-corrected chi connectivity index (χ1v) is 5.87. The van der Waals surface area contributed by atoms with Gasteiger partial charge in [-0.2, -0.15) is 0 Å². The van der Waals surface area contributed by atoms with Crippen LogP contribution in [0.1, 0.15) is 25.0 Å². The van der Waals surface area contributed by atoms with Crippen LogP contribution >= 0.6 is 0 Å². The maximum atomic E-state index is 11.1. The van der Waals surface area contributed by atoms with Crippen molar-refractivity contribution in [3.05, 3.63) is 51.6 Å². The van der Waals surface area contributed by atoms with Gasteiger partial charge in [0.25, 0.3) is 5.54 Å². The fraction of sp³-hybridized carbons (Fsp3) is 0.357. The first-order chi connectivity index (χ1) is 8.83. The molecule has 1 aromatic carbocycles.